The Labute approximate surface area is 292 Å². The SMILES string of the molecule is C[Si](C)(CCC(F)(F)C(F)(F)C(F)(F)C(F)(F)C(F)(F)[C@H](F)[C@H](F)C(F)F)O[Si](C)(C)CCC(F)(F)C(F)(F)C(F)(F)C(F)(F)C(F)(F)[C@@H](F)[C@@H](F)C(F)F. The first-order chi connectivity index (χ1) is 23.7. The van der Waals surface area contributed by atoms with E-state index in [0.29, 0.717) is 26.2 Å². The highest BCUT2D eigenvalue weighted by Gasteiger charge is 2.89. The summed E-state index contributed by atoms with van der Waals surface area (Å²) in [5.74, 6) is -76.0. The fourth-order valence-electron chi connectivity index (χ4n) is 4.35. The van der Waals surface area contributed by atoms with Crippen molar-refractivity contribution in [3.63, 3.8) is 0 Å². The summed E-state index contributed by atoms with van der Waals surface area (Å²) in [7, 11) is -8.89. The van der Waals surface area contributed by atoms with E-state index in [1.54, 1.807) is 0 Å². The molecule has 0 radical (unpaired) electrons. The number of halogens is 28. The highest BCUT2D eigenvalue weighted by atomic mass is 28.4. The highest BCUT2D eigenvalue weighted by molar-refractivity contribution is 6.84. The van der Waals surface area contributed by atoms with Crippen LogP contribution in [0.15, 0.2) is 0 Å². The summed E-state index contributed by atoms with van der Waals surface area (Å²) < 4.78 is 387. The minimum Gasteiger partial charge on any atom is -0.455 e. The standard InChI is InChI=1S/C24H26F28OSi2/c1-54(2,7-5-15(33,34)19(41,42)23(49,50)21(45,46)17(37,38)11(27)9(25)13(29)30)53-55(3,4)8-6-16(35,36)20(43,44)24(51,52)22(47,48)18(39,40)12(28)10(26)14(31)32/h9-14H,5-8H2,1-4H3/t9-,10+,11+,12-. The molecule has 0 aliphatic heterocycles. The Morgan fingerprint density at radius 1 is 0.364 bits per heavy atom. The van der Waals surface area contributed by atoms with Gasteiger partial charge in [0.25, 0.3) is 12.9 Å². The lowest BCUT2D eigenvalue weighted by atomic mass is 9.90. The fourth-order valence-corrected chi connectivity index (χ4v) is 13.0. The number of hydrogen-bond donors (Lipinski definition) is 0. The zero-order valence-corrected chi connectivity index (χ0v) is 29.3. The zero-order valence-electron chi connectivity index (χ0n) is 27.3. The lowest BCUT2D eigenvalue weighted by molar-refractivity contribution is -0.409. The van der Waals surface area contributed by atoms with Gasteiger partial charge >= 0.3 is 59.2 Å². The van der Waals surface area contributed by atoms with Crippen LogP contribution >= 0.6 is 0 Å². The lowest BCUT2D eigenvalue weighted by Gasteiger charge is -2.42. The van der Waals surface area contributed by atoms with E-state index in [1.165, 1.54) is 0 Å². The maximum atomic E-state index is 14.4. The van der Waals surface area contributed by atoms with Crippen LogP contribution in [-0.2, 0) is 4.12 Å². The van der Waals surface area contributed by atoms with Crippen LogP contribution in [0, 0.1) is 0 Å². The van der Waals surface area contributed by atoms with E-state index in [2.05, 4.69) is 0 Å². The average Bonchev–Trinajstić information content (AvgIpc) is 2.99. The molecule has 31 heteroatoms. The van der Waals surface area contributed by atoms with Crippen LogP contribution in [0.5, 0.6) is 0 Å². The van der Waals surface area contributed by atoms with Crippen molar-refractivity contribution in [3.05, 3.63) is 0 Å². The second kappa shape index (κ2) is 15.9. The summed E-state index contributed by atoms with van der Waals surface area (Å²) in [6, 6.07) is -3.53. The van der Waals surface area contributed by atoms with Crippen LogP contribution in [0.1, 0.15) is 12.8 Å². The number of rotatable bonds is 22. The molecule has 332 valence electrons. The average molecular weight is 919 g/mol. The largest absolute Gasteiger partial charge is 0.455 e. The molecular weight excluding hydrogens is 892 g/mol. The smallest absolute Gasteiger partial charge is 0.384 e. The molecule has 0 heterocycles. The molecule has 0 spiro atoms. The highest BCUT2D eigenvalue weighted by Crippen LogP contribution is 2.61. The summed E-state index contributed by atoms with van der Waals surface area (Å²) >= 11 is 0. The van der Waals surface area contributed by atoms with Gasteiger partial charge in [-0.15, -0.1) is 0 Å². The van der Waals surface area contributed by atoms with Crippen LogP contribution in [0.3, 0.4) is 0 Å². The van der Waals surface area contributed by atoms with Crippen LogP contribution < -0.4 is 0 Å². The molecule has 0 N–H and O–H groups in total. The minimum absolute atomic E-state index is 0.574. The molecule has 0 fully saturated rings. The lowest BCUT2D eigenvalue weighted by Crippen LogP contribution is -2.70. The Bertz CT molecular complexity index is 1170. The third-order valence-electron chi connectivity index (χ3n) is 7.70. The fraction of sp³-hybridized carbons (Fsp3) is 1.00. The maximum Gasteiger partial charge on any atom is 0.384 e. The third kappa shape index (κ3) is 9.51. The van der Waals surface area contributed by atoms with Crippen molar-refractivity contribution in [2.45, 2.75) is 148 Å². The van der Waals surface area contributed by atoms with E-state index in [9.17, 15) is 123 Å². The Morgan fingerprint density at radius 3 is 0.782 bits per heavy atom. The summed E-state index contributed by atoms with van der Waals surface area (Å²) in [4.78, 5) is 0. The number of hydrogen-bond acceptors (Lipinski definition) is 1. The minimum atomic E-state index is -8.10. The molecule has 0 saturated carbocycles. The van der Waals surface area contributed by atoms with E-state index >= 15 is 0 Å². The van der Waals surface area contributed by atoms with E-state index in [0.717, 1.165) is 0 Å². The van der Waals surface area contributed by atoms with Crippen molar-refractivity contribution in [2.75, 3.05) is 0 Å². The van der Waals surface area contributed by atoms with Gasteiger partial charge in [-0.1, -0.05) is 0 Å². The molecule has 0 aromatic rings. The molecular formula is C24H26F28OSi2. The quantitative estimate of drug-likeness (QED) is 0.0777. The van der Waals surface area contributed by atoms with E-state index in [1.807, 2.05) is 0 Å². The molecule has 1 nitrogen and oxygen atoms in total. The number of alkyl halides is 28. The molecule has 0 saturated heterocycles. The van der Waals surface area contributed by atoms with Gasteiger partial charge in [-0.05, 0) is 38.3 Å². The third-order valence-corrected chi connectivity index (χ3v) is 15.0. The molecule has 55 heavy (non-hydrogen) atoms. The predicted molar refractivity (Wildman–Crippen MR) is 136 cm³/mol. The summed E-state index contributed by atoms with van der Waals surface area (Å²) in [5, 5.41) is 0. The zero-order chi connectivity index (χ0) is 45.0. The molecule has 0 bridgehead atoms. The molecule has 0 aromatic heterocycles. The second-order valence-electron chi connectivity index (χ2n) is 13.1. The van der Waals surface area contributed by atoms with Crippen molar-refractivity contribution >= 4 is 16.6 Å². The van der Waals surface area contributed by atoms with Crippen molar-refractivity contribution in [1.82, 2.24) is 0 Å². The van der Waals surface area contributed by atoms with Crippen molar-refractivity contribution in [3.8, 4) is 0 Å². The first-order valence-corrected chi connectivity index (χ1v) is 20.5. The van der Waals surface area contributed by atoms with Crippen molar-refractivity contribution in [1.29, 1.82) is 0 Å². The second-order valence-corrected chi connectivity index (χ2v) is 21.9. The van der Waals surface area contributed by atoms with Crippen molar-refractivity contribution < 1.29 is 127 Å². The first-order valence-electron chi connectivity index (χ1n) is 14.3. The monoisotopic (exact) mass is 918 g/mol. The van der Waals surface area contributed by atoms with Crippen LogP contribution in [0.4, 0.5) is 123 Å². The maximum absolute atomic E-state index is 14.4. The molecule has 0 unspecified atom stereocenters. The molecule has 0 amide bonds. The normalized spacial score (nSPS) is 18.2. The van der Waals surface area contributed by atoms with Gasteiger partial charge in [0.1, 0.15) is 0 Å². The van der Waals surface area contributed by atoms with E-state index < -0.39 is 138 Å². The molecule has 0 aliphatic carbocycles. The van der Waals surface area contributed by atoms with E-state index in [-0.39, 0.29) is 0 Å². The van der Waals surface area contributed by atoms with Gasteiger partial charge in [-0.2, -0.15) is 87.8 Å². The summed E-state index contributed by atoms with van der Waals surface area (Å²) in [6.45, 7) is 2.30. The Kier molecular flexibility index (Phi) is 15.4. The van der Waals surface area contributed by atoms with Gasteiger partial charge in [0, 0.05) is 12.8 Å². The van der Waals surface area contributed by atoms with Gasteiger partial charge in [-0.25, -0.2) is 35.1 Å². The van der Waals surface area contributed by atoms with Gasteiger partial charge in [0.2, 0.25) is 12.3 Å². The topological polar surface area (TPSA) is 9.23 Å². The van der Waals surface area contributed by atoms with Gasteiger partial charge < -0.3 is 4.12 Å². The predicted octanol–water partition coefficient (Wildman–Crippen LogP) is 12.4. The molecule has 4 atom stereocenters. The first kappa shape index (κ1) is 53.4. The molecule has 0 aromatic carbocycles. The Hall–Kier alpha value is -1.57. The molecule has 0 rings (SSSR count). The van der Waals surface area contributed by atoms with Crippen LogP contribution in [0.25, 0.3) is 0 Å². The Balaban J connectivity index is 6.24. The Morgan fingerprint density at radius 2 is 0.582 bits per heavy atom. The van der Waals surface area contributed by atoms with Gasteiger partial charge in [-0.3, -0.25) is 0 Å². The summed E-state index contributed by atoms with van der Waals surface area (Å²) in [6.07, 6.45) is -37.1. The van der Waals surface area contributed by atoms with Gasteiger partial charge in [0.05, 0.1) is 0 Å². The summed E-state index contributed by atoms with van der Waals surface area (Å²) in [5.41, 5.74) is 0. The molecule has 0 aliphatic rings. The van der Waals surface area contributed by atoms with Crippen LogP contribution in [0.2, 0.25) is 38.3 Å². The van der Waals surface area contributed by atoms with Crippen LogP contribution in [-0.4, -0.2) is 113 Å². The van der Waals surface area contributed by atoms with Gasteiger partial charge in [0.15, 0.2) is 29.0 Å². The van der Waals surface area contributed by atoms with E-state index in [4.69, 9.17) is 4.12 Å². The van der Waals surface area contributed by atoms with Crippen molar-refractivity contribution in [2.24, 2.45) is 0 Å².